The third kappa shape index (κ3) is 2.60. The molecule has 3 heteroatoms. The number of imidazole rings is 1. The molecule has 1 aromatic heterocycles. The number of H-pyrrole nitrogens is 1. The van der Waals surface area contributed by atoms with Crippen LogP contribution in [0.5, 0.6) is 5.75 Å². The van der Waals surface area contributed by atoms with Crippen LogP contribution in [0.1, 0.15) is 57.7 Å². The highest BCUT2D eigenvalue weighted by molar-refractivity contribution is 5.81. The lowest BCUT2D eigenvalue weighted by Gasteiger charge is -2.19. The zero-order valence-electron chi connectivity index (χ0n) is 11.8. The first kappa shape index (κ1) is 12.5. The SMILES string of the molecule is CC(C)Oc1cccc2[nH]c(C3CCCCC3)nc12. The molecule has 1 aliphatic rings. The number of hydrogen-bond donors (Lipinski definition) is 1. The van der Waals surface area contributed by atoms with Crippen LogP contribution in [0.3, 0.4) is 0 Å². The molecule has 1 heterocycles. The molecule has 3 rings (SSSR count). The van der Waals surface area contributed by atoms with Gasteiger partial charge in [0.25, 0.3) is 0 Å². The van der Waals surface area contributed by atoms with Gasteiger partial charge >= 0.3 is 0 Å². The molecule has 1 fully saturated rings. The lowest BCUT2D eigenvalue weighted by Crippen LogP contribution is -2.06. The Kier molecular flexibility index (Phi) is 3.45. The van der Waals surface area contributed by atoms with Gasteiger partial charge in [-0.05, 0) is 38.8 Å². The van der Waals surface area contributed by atoms with E-state index in [1.807, 2.05) is 26.0 Å². The zero-order valence-corrected chi connectivity index (χ0v) is 11.8. The van der Waals surface area contributed by atoms with Crippen molar-refractivity contribution in [1.29, 1.82) is 0 Å². The van der Waals surface area contributed by atoms with E-state index in [9.17, 15) is 0 Å². The van der Waals surface area contributed by atoms with Crippen molar-refractivity contribution in [2.24, 2.45) is 0 Å². The Morgan fingerprint density at radius 1 is 1.21 bits per heavy atom. The van der Waals surface area contributed by atoms with Crippen molar-refractivity contribution in [1.82, 2.24) is 9.97 Å². The summed E-state index contributed by atoms with van der Waals surface area (Å²) in [4.78, 5) is 8.30. The average Bonchev–Trinajstić information content (AvgIpc) is 2.84. The van der Waals surface area contributed by atoms with Crippen LogP contribution >= 0.6 is 0 Å². The fraction of sp³-hybridized carbons (Fsp3) is 0.562. The Labute approximate surface area is 114 Å². The number of hydrogen-bond acceptors (Lipinski definition) is 2. The van der Waals surface area contributed by atoms with E-state index in [0.717, 1.165) is 22.6 Å². The van der Waals surface area contributed by atoms with Crippen LogP contribution < -0.4 is 4.74 Å². The van der Waals surface area contributed by atoms with E-state index < -0.39 is 0 Å². The van der Waals surface area contributed by atoms with Crippen LogP contribution in [-0.2, 0) is 0 Å². The first-order valence-electron chi connectivity index (χ1n) is 7.39. The lowest BCUT2D eigenvalue weighted by molar-refractivity contribution is 0.245. The normalized spacial score (nSPS) is 17.2. The highest BCUT2D eigenvalue weighted by Gasteiger charge is 2.19. The van der Waals surface area contributed by atoms with E-state index in [1.54, 1.807) is 0 Å². The van der Waals surface area contributed by atoms with Crippen molar-refractivity contribution < 1.29 is 4.74 Å². The van der Waals surface area contributed by atoms with Gasteiger partial charge in [0.2, 0.25) is 0 Å². The fourth-order valence-electron chi connectivity index (χ4n) is 2.94. The Morgan fingerprint density at radius 3 is 2.74 bits per heavy atom. The van der Waals surface area contributed by atoms with E-state index in [4.69, 9.17) is 9.72 Å². The Morgan fingerprint density at radius 2 is 2.00 bits per heavy atom. The Hall–Kier alpha value is -1.51. The average molecular weight is 258 g/mol. The smallest absolute Gasteiger partial charge is 0.147 e. The van der Waals surface area contributed by atoms with Crippen LogP contribution in [0.2, 0.25) is 0 Å². The first-order valence-corrected chi connectivity index (χ1v) is 7.39. The molecule has 0 saturated heterocycles. The summed E-state index contributed by atoms with van der Waals surface area (Å²) in [5.74, 6) is 2.65. The number of fused-ring (bicyclic) bond motifs is 1. The van der Waals surface area contributed by atoms with Gasteiger partial charge in [-0.2, -0.15) is 0 Å². The quantitative estimate of drug-likeness (QED) is 0.886. The molecule has 0 bridgehead atoms. The molecular formula is C16H22N2O. The molecule has 102 valence electrons. The number of aromatic nitrogens is 2. The summed E-state index contributed by atoms with van der Waals surface area (Å²) in [7, 11) is 0. The summed E-state index contributed by atoms with van der Waals surface area (Å²) in [5.41, 5.74) is 2.08. The van der Waals surface area contributed by atoms with Gasteiger partial charge in [-0.3, -0.25) is 0 Å². The van der Waals surface area contributed by atoms with Gasteiger partial charge in [-0.1, -0.05) is 25.3 Å². The van der Waals surface area contributed by atoms with Crippen LogP contribution in [0.4, 0.5) is 0 Å². The van der Waals surface area contributed by atoms with E-state index in [-0.39, 0.29) is 6.10 Å². The fourth-order valence-corrected chi connectivity index (χ4v) is 2.94. The van der Waals surface area contributed by atoms with Gasteiger partial charge in [0, 0.05) is 5.92 Å². The number of aromatic amines is 1. The van der Waals surface area contributed by atoms with E-state index in [2.05, 4.69) is 11.1 Å². The monoisotopic (exact) mass is 258 g/mol. The predicted octanol–water partition coefficient (Wildman–Crippen LogP) is 4.40. The van der Waals surface area contributed by atoms with Gasteiger partial charge in [-0.25, -0.2) is 4.98 Å². The highest BCUT2D eigenvalue weighted by Crippen LogP contribution is 2.33. The molecule has 1 aliphatic carbocycles. The van der Waals surface area contributed by atoms with E-state index in [1.165, 1.54) is 32.1 Å². The summed E-state index contributed by atoms with van der Waals surface area (Å²) in [5, 5.41) is 0. The molecule has 1 saturated carbocycles. The maximum absolute atomic E-state index is 5.85. The van der Waals surface area contributed by atoms with Gasteiger partial charge in [-0.15, -0.1) is 0 Å². The maximum Gasteiger partial charge on any atom is 0.147 e. The summed E-state index contributed by atoms with van der Waals surface area (Å²) < 4.78 is 5.85. The molecule has 1 N–H and O–H groups in total. The minimum Gasteiger partial charge on any atom is -0.489 e. The van der Waals surface area contributed by atoms with Crippen molar-refractivity contribution in [3.8, 4) is 5.75 Å². The van der Waals surface area contributed by atoms with Crippen molar-refractivity contribution in [3.63, 3.8) is 0 Å². The van der Waals surface area contributed by atoms with Crippen LogP contribution in [0.25, 0.3) is 11.0 Å². The summed E-state index contributed by atoms with van der Waals surface area (Å²) in [6, 6.07) is 6.12. The standard InChI is InChI=1S/C16H22N2O/c1-11(2)19-14-10-6-9-13-15(14)18-16(17-13)12-7-4-3-5-8-12/h6,9-12H,3-5,7-8H2,1-2H3,(H,17,18). The second-order valence-electron chi connectivity index (χ2n) is 5.78. The second-order valence-corrected chi connectivity index (χ2v) is 5.78. The summed E-state index contributed by atoms with van der Waals surface area (Å²) in [6.07, 6.45) is 6.74. The molecule has 0 amide bonds. The number of para-hydroxylation sites is 1. The molecule has 2 aromatic rings. The molecule has 0 atom stereocenters. The highest BCUT2D eigenvalue weighted by atomic mass is 16.5. The molecule has 3 nitrogen and oxygen atoms in total. The van der Waals surface area contributed by atoms with Crippen LogP contribution in [0, 0.1) is 0 Å². The third-order valence-electron chi connectivity index (χ3n) is 3.85. The van der Waals surface area contributed by atoms with Gasteiger partial charge in [0.15, 0.2) is 0 Å². The van der Waals surface area contributed by atoms with Gasteiger partial charge in [0.05, 0.1) is 11.6 Å². The maximum atomic E-state index is 5.85. The summed E-state index contributed by atoms with van der Waals surface area (Å²) in [6.45, 7) is 4.10. The number of ether oxygens (including phenoxy) is 1. The Balaban J connectivity index is 1.95. The first-order chi connectivity index (χ1) is 9.24. The van der Waals surface area contributed by atoms with Crippen LogP contribution in [-0.4, -0.2) is 16.1 Å². The lowest BCUT2D eigenvalue weighted by atomic mass is 9.89. The molecule has 19 heavy (non-hydrogen) atoms. The predicted molar refractivity (Wildman–Crippen MR) is 77.7 cm³/mol. The molecule has 0 aliphatic heterocycles. The zero-order chi connectivity index (χ0) is 13.2. The summed E-state index contributed by atoms with van der Waals surface area (Å²) >= 11 is 0. The molecule has 0 spiro atoms. The van der Waals surface area contributed by atoms with Crippen molar-refractivity contribution in [2.45, 2.75) is 58.0 Å². The van der Waals surface area contributed by atoms with Crippen molar-refractivity contribution in [2.75, 3.05) is 0 Å². The molecular weight excluding hydrogens is 236 g/mol. The largest absolute Gasteiger partial charge is 0.489 e. The number of rotatable bonds is 3. The minimum absolute atomic E-state index is 0.181. The molecule has 1 aromatic carbocycles. The second kappa shape index (κ2) is 5.24. The van der Waals surface area contributed by atoms with Gasteiger partial charge < -0.3 is 9.72 Å². The topological polar surface area (TPSA) is 37.9 Å². The number of nitrogens with one attached hydrogen (secondary N) is 1. The molecule has 0 unspecified atom stereocenters. The van der Waals surface area contributed by atoms with Crippen LogP contribution in [0.15, 0.2) is 18.2 Å². The van der Waals surface area contributed by atoms with Crippen molar-refractivity contribution in [3.05, 3.63) is 24.0 Å². The third-order valence-corrected chi connectivity index (χ3v) is 3.85. The van der Waals surface area contributed by atoms with E-state index >= 15 is 0 Å². The van der Waals surface area contributed by atoms with E-state index in [0.29, 0.717) is 5.92 Å². The Bertz CT molecular complexity index is 553. The molecule has 0 radical (unpaired) electrons. The number of nitrogens with zero attached hydrogens (tertiary/aromatic N) is 1. The van der Waals surface area contributed by atoms with Gasteiger partial charge in [0.1, 0.15) is 17.1 Å². The minimum atomic E-state index is 0.181. The number of benzene rings is 1. The van der Waals surface area contributed by atoms with Crippen molar-refractivity contribution >= 4 is 11.0 Å².